The first kappa shape index (κ1) is 13.6. The van der Waals surface area contributed by atoms with Crippen molar-refractivity contribution in [3.63, 3.8) is 0 Å². The Hall–Kier alpha value is -3.05. The molecule has 23 heavy (non-hydrogen) atoms. The third-order valence-corrected chi connectivity index (χ3v) is 4.05. The molecule has 110 valence electrons. The van der Waals surface area contributed by atoms with Gasteiger partial charge in [-0.2, -0.15) is 0 Å². The minimum atomic E-state index is 0.734. The van der Waals surface area contributed by atoms with Gasteiger partial charge in [-0.1, -0.05) is 42.3 Å². The second-order valence-corrected chi connectivity index (χ2v) is 5.50. The van der Waals surface area contributed by atoms with Gasteiger partial charge >= 0.3 is 0 Å². The molecule has 0 bridgehead atoms. The fourth-order valence-electron chi connectivity index (χ4n) is 2.81. The minimum Gasteiger partial charge on any atom is -0.497 e. The maximum absolute atomic E-state index is 5.26. The molecule has 2 nitrogen and oxygen atoms in total. The molecule has 0 radical (unpaired) electrons. The van der Waals surface area contributed by atoms with Crippen LogP contribution in [0.2, 0.25) is 0 Å². The monoisotopic (exact) mass is 297 g/mol. The molecule has 0 saturated heterocycles. The summed E-state index contributed by atoms with van der Waals surface area (Å²) < 4.78 is 5.26. The largest absolute Gasteiger partial charge is 0.497 e. The zero-order valence-electron chi connectivity index (χ0n) is 12.8. The lowest BCUT2D eigenvalue weighted by molar-refractivity contribution is 0.415. The van der Waals surface area contributed by atoms with Crippen LogP contribution in [0.1, 0.15) is 16.7 Å². The summed E-state index contributed by atoms with van der Waals surface area (Å²) in [4.78, 5) is 4.53. The lowest BCUT2D eigenvalue weighted by Gasteiger charge is -2.02. The topological polar surface area (TPSA) is 21.6 Å². The number of ether oxygens (including phenoxy) is 1. The van der Waals surface area contributed by atoms with Gasteiger partial charge in [-0.05, 0) is 46.5 Å². The van der Waals surface area contributed by atoms with Gasteiger partial charge < -0.3 is 4.74 Å². The molecule has 0 unspecified atom stereocenters. The molecule has 0 atom stereocenters. The van der Waals surface area contributed by atoms with Gasteiger partial charge in [-0.3, -0.25) is 4.99 Å². The third kappa shape index (κ3) is 2.58. The van der Waals surface area contributed by atoms with Crippen molar-refractivity contribution in [2.75, 3.05) is 7.11 Å². The summed E-state index contributed by atoms with van der Waals surface area (Å²) in [6.45, 7) is 0.734. The first-order valence-electron chi connectivity index (χ1n) is 7.56. The molecule has 2 heteroatoms. The van der Waals surface area contributed by atoms with Crippen molar-refractivity contribution in [3.05, 3.63) is 77.4 Å². The molecule has 0 aliphatic carbocycles. The Balaban J connectivity index is 1.67. The second-order valence-electron chi connectivity index (χ2n) is 5.50. The summed E-state index contributed by atoms with van der Waals surface area (Å²) >= 11 is 0. The van der Waals surface area contributed by atoms with Crippen LogP contribution >= 0.6 is 0 Å². The van der Waals surface area contributed by atoms with Crippen molar-refractivity contribution >= 4 is 16.5 Å². The smallest absolute Gasteiger partial charge is 0.119 e. The van der Waals surface area contributed by atoms with Crippen LogP contribution in [0.5, 0.6) is 5.75 Å². The van der Waals surface area contributed by atoms with Crippen LogP contribution in [0.25, 0.3) is 10.8 Å². The van der Waals surface area contributed by atoms with Gasteiger partial charge in [0.2, 0.25) is 0 Å². The highest BCUT2D eigenvalue weighted by molar-refractivity contribution is 6.15. The van der Waals surface area contributed by atoms with E-state index in [1.165, 1.54) is 5.56 Å². The molecule has 0 fully saturated rings. The molecule has 1 aliphatic rings. The molecule has 1 aliphatic heterocycles. The number of benzene rings is 3. The van der Waals surface area contributed by atoms with Crippen molar-refractivity contribution < 1.29 is 4.74 Å². The maximum atomic E-state index is 5.26. The van der Waals surface area contributed by atoms with Crippen LogP contribution in [0.3, 0.4) is 0 Å². The van der Waals surface area contributed by atoms with E-state index in [1.807, 2.05) is 30.3 Å². The zero-order valence-corrected chi connectivity index (χ0v) is 12.8. The molecule has 3 aromatic carbocycles. The maximum Gasteiger partial charge on any atom is 0.119 e. The van der Waals surface area contributed by atoms with Crippen LogP contribution in [-0.4, -0.2) is 12.8 Å². The quantitative estimate of drug-likeness (QED) is 0.617. The van der Waals surface area contributed by atoms with E-state index in [0.717, 1.165) is 39.9 Å². The number of rotatable bonds is 1. The van der Waals surface area contributed by atoms with E-state index in [4.69, 9.17) is 4.74 Å². The minimum absolute atomic E-state index is 0.734. The summed E-state index contributed by atoms with van der Waals surface area (Å²) in [6.07, 6.45) is 0. The van der Waals surface area contributed by atoms with E-state index in [0.29, 0.717) is 0 Å². The number of fused-ring (bicyclic) bond motifs is 2. The molecule has 1 heterocycles. The van der Waals surface area contributed by atoms with Crippen molar-refractivity contribution in [1.82, 2.24) is 0 Å². The Kier molecular flexibility index (Phi) is 3.33. The van der Waals surface area contributed by atoms with Crippen LogP contribution < -0.4 is 4.74 Å². The van der Waals surface area contributed by atoms with Crippen molar-refractivity contribution in [3.8, 4) is 17.6 Å². The Morgan fingerprint density at radius 1 is 0.913 bits per heavy atom. The van der Waals surface area contributed by atoms with Crippen molar-refractivity contribution in [2.45, 2.75) is 6.54 Å². The van der Waals surface area contributed by atoms with E-state index < -0.39 is 0 Å². The fourth-order valence-corrected chi connectivity index (χ4v) is 2.81. The van der Waals surface area contributed by atoms with E-state index in [-0.39, 0.29) is 0 Å². The van der Waals surface area contributed by atoms with Crippen LogP contribution in [-0.2, 0) is 6.54 Å². The van der Waals surface area contributed by atoms with Gasteiger partial charge in [-0.15, -0.1) is 0 Å². The lowest BCUT2D eigenvalue weighted by Crippen LogP contribution is -1.93. The van der Waals surface area contributed by atoms with Gasteiger partial charge in [0, 0.05) is 11.1 Å². The molecule has 0 N–H and O–H groups in total. The Labute approximate surface area is 135 Å². The fraction of sp³-hybridized carbons (Fsp3) is 0.0952. The first-order chi connectivity index (χ1) is 11.3. The third-order valence-electron chi connectivity index (χ3n) is 4.05. The normalized spacial score (nSPS) is 12.3. The number of aliphatic imine (C=N–C) groups is 1. The van der Waals surface area contributed by atoms with Crippen LogP contribution in [0.4, 0.5) is 0 Å². The van der Waals surface area contributed by atoms with Gasteiger partial charge in [0.1, 0.15) is 11.5 Å². The van der Waals surface area contributed by atoms with E-state index in [2.05, 4.69) is 47.2 Å². The summed E-state index contributed by atoms with van der Waals surface area (Å²) in [5, 5.41) is 2.31. The van der Waals surface area contributed by atoms with Gasteiger partial charge in [-0.25, -0.2) is 0 Å². The van der Waals surface area contributed by atoms with Crippen LogP contribution in [0.15, 0.2) is 65.7 Å². The molecule has 0 amide bonds. The van der Waals surface area contributed by atoms with E-state index in [1.54, 1.807) is 7.11 Å². The van der Waals surface area contributed by atoms with Gasteiger partial charge in [0.25, 0.3) is 0 Å². The van der Waals surface area contributed by atoms with Gasteiger partial charge in [0.05, 0.1) is 13.7 Å². The molecule has 4 rings (SSSR count). The van der Waals surface area contributed by atoms with Gasteiger partial charge in [0.15, 0.2) is 0 Å². The summed E-state index contributed by atoms with van der Waals surface area (Å²) in [5.74, 6) is 7.32. The Bertz CT molecular complexity index is 989. The lowest BCUT2D eigenvalue weighted by atomic mass is 10.0. The highest BCUT2D eigenvalue weighted by Gasteiger charge is 2.12. The number of hydrogen-bond acceptors (Lipinski definition) is 2. The Morgan fingerprint density at radius 2 is 1.74 bits per heavy atom. The summed E-state index contributed by atoms with van der Waals surface area (Å²) in [7, 11) is 1.68. The van der Waals surface area contributed by atoms with E-state index >= 15 is 0 Å². The predicted octanol–water partition coefficient (Wildman–Crippen LogP) is 4.20. The molecular formula is C21H15NO. The Morgan fingerprint density at radius 3 is 2.65 bits per heavy atom. The standard InChI is InChI=1S/C21H15NO/c1-23-19-10-9-16-12-15(6-8-17(16)13-19)7-11-21-20-5-3-2-4-18(20)14-22-21/h2-6,8-10,12-13H,14H2,1H3. The SMILES string of the molecule is COc1ccc2cc(C#CC3=NCc4ccccc43)ccc2c1. The molecule has 0 aromatic heterocycles. The summed E-state index contributed by atoms with van der Waals surface area (Å²) in [5.41, 5.74) is 4.29. The predicted molar refractivity (Wildman–Crippen MR) is 94.1 cm³/mol. The van der Waals surface area contributed by atoms with Crippen molar-refractivity contribution in [2.24, 2.45) is 4.99 Å². The molecule has 0 spiro atoms. The van der Waals surface area contributed by atoms with Crippen molar-refractivity contribution in [1.29, 1.82) is 0 Å². The number of hydrogen-bond donors (Lipinski definition) is 0. The number of nitrogens with zero attached hydrogens (tertiary/aromatic N) is 1. The average molecular weight is 297 g/mol. The highest BCUT2D eigenvalue weighted by Crippen LogP contribution is 2.22. The average Bonchev–Trinajstić information content (AvgIpc) is 3.02. The highest BCUT2D eigenvalue weighted by atomic mass is 16.5. The first-order valence-corrected chi connectivity index (χ1v) is 7.56. The zero-order chi connectivity index (χ0) is 15.6. The molecule has 3 aromatic rings. The molecular weight excluding hydrogens is 282 g/mol. The molecule has 0 saturated carbocycles. The number of methoxy groups -OCH3 is 1. The van der Waals surface area contributed by atoms with Crippen LogP contribution in [0, 0.1) is 11.8 Å². The summed E-state index contributed by atoms with van der Waals surface area (Å²) in [6, 6.07) is 20.5. The second kappa shape index (κ2) is 5.62. The van der Waals surface area contributed by atoms with E-state index in [9.17, 15) is 0 Å².